The molecule has 0 aromatic heterocycles. The van der Waals surface area contributed by atoms with Crippen LogP contribution in [0.25, 0.3) is 0 Å². The van der Waals surface area contributed by atoms with Crippen LogP contribution >= 0.6 is 11.8 Å². The minimum absolute atomic E-state index is 0.0310. The van der Waals surface area contributed by atoms with Gasteiger partial charge in [-0.3, -0.25) is 9.59 Å². The Morgan fingerprint density at radius 3 is 2.38 bits per heavy atom. The van der Waals surface area contributed by atoms with Gasteiger partial charge in [-0.2, -0.15) is 0 Å². The van der Waals surface area contributed by atoms with Crippen molar-refractivity contribution in [1.29, 1.82) is 0 Å². The third-order valence-corrected chi connectivity index (χ3v) is 4.11. The van der Waals surface area contributed by atoms with Gasteiger partial charge in [0.25, 0.3) is 0 Å². The molecule has 4 heteroatoms. The number of carboxylic acid groups (broad SMARTS) is 1. The van der Waals surface area contributed by atoms with E-state index in [-0.39, 0.29) is 16.3 Å². The molecule has 0 radical (unpaired) electrons. The Kier molecular flexibility index (Phi) is 3.29. The molecule has 0 bridgehead atoms. The third kappa shape index (κ3) is 2.27. The van der Waals surface area contributed by atoms with Crippen molar-refractivity contribution in [1.82, 2.24) is 0 Å². The van der Waals surface area contributed by atoms with Crippen molar-refractivity contribution in [2.45, 2.75) is 18.1 Å². The minimum Gasteiger partial charge on any atom is -0.481 e. The number of aliphatic carboxylic acids is 1. The second-order valence-corrected chi connectivity index (χ2v) is 5.04. The summed E-state index contributed by atoms with van der Waals surface area (Å²) < 4.78 is 0. The van der Waals surface area contributed by atoms with Crippen molar-refractivity contribution < 1.29 is 14.7 Å². The Bertz CT molecular complexity index is 402. The Labute approximate surface area is 97.9 Å². The van der Waals surface area contributed by atoms with Crippen LogP contribution in [-0.4, -0.2) is 21.4 Å². The largest absolute Gasteiger partial charge is 0.481 e. The van der Waals surface area contributed by atoms with Gasteiger partial charge in [-0.1, -0.05) is 42.1 Å². The van der Waals surface area contributed by atoms with Crippen LogP contribution in [-0.2, 0) is 4.79 Å². The fourth-order valence-corrected chi connectivity index (χ4v) is 2.89. The molecule has 1 aromatic carbocycles. The zero-order valence-corrected chi connectivity index (χ0v) is 9.44. The molecule has 84 valence electrons. The first-order valence-corrected chi connectivity index (χ1v) is 6.05. The molecule has 3 nitrogen and oxygen atoms in total. The summed E-state index contributed by atoms with van der Waals surface area (Å²) in [5.74, 6) is -1.14. The fourth-order valence-electron chi connectivity index (χ4n) is 1.67. The summed E-state index contributed by atoms with van der Waals surface area (Å²) >= 11 is 1.16. The predicted molar refractivity (Wildman–Crippen MR) is 62.5 cm³/mol. The highest BCUT2D eigenvalue weighted by Gasteiger charge is 2.38. The van der Waals surface area contributed by atoms with Crippen molar-refractivity contribution in [3.8, 4) is 0 Å². The zero-order valence-electron chi connectivity index (χ0n) is 8.63. The molecule has 1 fully saturated rings. The first kappa shape index (κ1) is 11.2. The Balaban J connectivity index is 1.96. The zero-order chi connectivity index (χ0) is 11.5. The van der Waals surface area contributed by atoms with E-state index in [1.165, 1.54) is 0 Å². The summed E-state index contributed by atoms with van der Waals surface area (Å²) in [6.45, 7) is 0. The number of thioether (sulfide) groups is 1. The number of hydrogen-bond acceptors (Lipinski definition) is 3. The number of benzene rings is 1. The standard InChI is InChI=1S/C12H12O3S/c13-11(14)9-6-7-10(9)16-12(15)8-4-2-1-3-5-8/h1-5,9-10H,6-7H2,(H,13,14). The molecule has 2 unspecified atom stereocenters. The van der Waals surface area contributed by atoms with E-state index in [1.807, 2.05) is 18.2 Å². The van der Waals surface area contributed by atoms with E-state index in [9.17, 15) is 9.59 Å². The molecule has 0 amide bonds. The maximum absolute atomic E-state index is 11.8. The Morgan fingerprint density at radius 2 is 1.88 bits per heavy atom. The van der Waals surface area contributed by atoms with Gasteiger partial charge in [0.2, 0.25) is 5.12 Å². The molecule has 1 N–H and O–H groups in total. The summed E-state index contributed by atoms with van der Waals surface area (Å²) in [5.41, 5.74) is 0.642. The number of carbonyl (C=O) groups excluding carboxylic acids is 1. The van der Waals surface area contributed by atoms with Crippen LogP contribution in [0.15, 0.2) is 30.3 Å². The average molecular weight is 236 g/mol. The fraction of sp³-hybridized carbons (Fsp3) is 0.333. The van der Waals surface area contributed by atoms with Crippen LogP contribution in [0.1, 0.15) is 23.2 Å². The van der Waals surface area contributed by atoms with E-state index in [2.05, 4.69) is 0 Å². The maximum Gasteiger partial charge on any atom is 0.307 e. The lowest BCUT2D eigenvalue weighted by Gasteiger charge is -2.31. The second-order valence-electron chi connectivity index (χ2n) is 3.83. The van der Waals surface area contributed by atoms with Crippen LogP contribution in [0.5, 0.6) is 0 Å². The quantitative estimate of drug-likeness (QED) is 0.875. The molecule has 0 heterocycles. The smallest absolute Gasteiger partial charge is 0.307 e. The highest BCUT2D eigenvalue weighted by atomic mass is 32.2. The van der Waals surface area contributed by atoms with Gasteiger partial charge >= 0.3 is 5.97 Å². The van der Waals surface area contributed by atoms with E-state index in [0.29, 0.717) is 12.0 Å². The van der Waals surface area contributed by atoms with Crippen LogP contribution in [0, 0.1) is 5.92 Å². The van der Waals surface area contributed by atoms with Gasteiger partial charge in [0.1, 0.15) is 0 Å². The van der Waals surface area contributed by atoms with Crippen molar-refractivity contribution in [3.63, 3.8) is 0 Å². The van der Waals surface area contributed by atoms with Crippen LogP contribution < -0.4 is 0 Å². The summed E-state index contributed by atoms with van der Waals surface area (Å²) in [5, 5.41) is 8.78. The Hall–Kier alpha value is -1.29. The predicted octanol–water partition coefficient (Wildman–Crippen LogP) is 2.42. The van der Waals surface area contributed by atoms with Crippen LogP contribution in [0.4, 0.5) is 0 Å². The van der Waals surface area contributed by atoms with Gasteiger partial charge in [0.15, 0.2) is 0 Å². The van der Waals surface area contributed by atoms with E-state index < -0.39 is 5.97 Å². The number of rotatable bonds is 3. The molecule has 2 atom stereocenters. The summed E-state index contributed by atoms with van der Waals surface area (Å²) in [6.07, 6.45) is 1.51. The lowest BCUT2D eigenvalue weighted by atomic mass is 9.85. The van der Waals surface area contributed by atoms with Crippen LogP contribution in [0.2, 0.25) is 0 Å². The van der Waals surface area contributed by atoms with Gasteiger partial charge in [-0.05, 0) is 12.8 Å². The Morgan fingerprint density at radius 1 is 1.19 bits per heavy atom. The van der Waals surface area contributed by atoms with Gasteiger partial charge in [0, 0.05) is 10.8 Å². The van der Waals surface area contributed by atoms with E-state index in [0.717, 1.165) is 18.2 Å². The minimum atomic E-state index is -0.787. The van der Waals surface area contributed by atoms with Gasteiger partial charge in [-0.15, -0.1) is 0 Å². The van der Waals surface area contributed by atoms with Crippen molar-refractivity contribution in [2.24, 2.45) is 5.92 Å². The first-order valence-electron chi connectivity index (χ1n) is 5.17. The number of carboxylic acids is 1. The summed E-state index contributed by atoms with van der Waals surface area (Å²) in [7, 11) is 0. The summed E-state index contributed by atoms with van der Waals surface area (Å²) in [4.78, 5) is 22.6. The SMILES string of the molecule is O=C(SC1CCC1C(=O)O)c1ccccc1. The molecule has 0 spiro atoms. The van der Waals surface area contributed by atoms with Gasteiger partial charge < -0.3 is 5.11 Å². The van der Waals surface area contributed by atoms with Gasteiger partial charge in [-0.25, -0.2) is 0 Å². The molecular weight excluding hydrogens is 224 g/mol. The molecule has 0 aliphatic heterocycles. The van der Waals surface area contributed by atoms with E-state index >= 15 is 0 Å². The van der Waals surface area contributed by atoms with Crippen molar-refractivity contribution in [3.05, 3.63) is 35.9 Å². The number of hydrogen-bond donors (Lipinski definition) is 1. The topological polar surface area (TPSA) is 54.4 Å². The molecule has 2 rings (SSSR count). The molecule has 1 saturated carbocycles. The maximum atomic E-state index is 11.8. The summed E-state index contributed by atoms with van der Waals surface area (Å²) in [6, 6.07) is 8.98. The normalized spacial score (nSPS) is 23.5. The van der Waals surface area contributed by atoms with E-state index in [1.54, 1.807) is 12.1 Å². The lowest BCUT2D eigenvalue weighted by Crippen LogP contribution is -2.36. The molecule has 0 saturated heterocycles. The third-order valence-electron chi connectivity index (χ3n) is 2.80. The second kappa shape index (κ2) is 4.70. The molecule has 16 heavy (non-hydrogen) atoms. The van der Waals surface area contributed by atoms with Crippen molar-refractivity contribution >= 4 is 22.8 Å². The van der Waals surface area contributed by atoms with Crippen molar-refractivity contribution in [2.75, 3.05) is 0 Å². The molecule has 1 aliphatic rings. The molecule has 1 aliphatic carbocycles. The monoisotopic (exact) mass is 236 g/mol. The van der Waals surface area contributed by atoms with Gasteiger partial charge in [0.05, 0.1) is 5.92 Å². The molecule has 1 aromatic rings. The molecular formula is C12H12O3S. The lowest BCUT2D eigenvalue weighted by molar-refractivity contribution is -0.144. The highest BCUT2D eigenvalue weighted by Crippen LogP contribution is 2.39. The van der Waals surface area contributed by atoms with E-state index in [4.69, 9.17) is 5.11 Å². The van der Waals surface area contributed by atoms with Crippen LogP contribution in [0.3, 0.4) is 0 Å². The average Bonchev–Trinajstić information content (AvgIpc) is 2.24. The number of carbonyl (C=O) groups is 2. The first-order chi connectivity index (χ1) is 7.68. The highest BCUT2D eigenvalue weighted by molar-refractivity contribution is 8.14.